The Morgan fingerprint density at radius 1 is 1.20 bits per heavy atom. The van der Waals surface area contributed by atoms with Crippen LogP contribution in [0.15, 0.2) is 42.5 Å². The monoisotopic (exact) mass is 339 g/mol. The molecule has 6 nitrogen and oxygen atoms in total. The third-order valence-electron chi connectivity index (χ3n) is 4.08. The van der Waals surface area contributed by atoms with Crippen molar-refractivity contribution in [1.29, 1.82) is 0 Å². The van der Waals surface area contributed by atoms with Crippen molar-refractivity contribution in [3.63, 3.8) is 0 Å². The van der Waals surface area contributed by atoms with Gasteiger partial charge in [-0.3, -0.25) is 9.59 Å². The number of carboxylic acid groups (broad SMARTS) is 1. The van der Waals surface area contributed by atoms with Gasteiger partial charge in [0, 0.05) is 11.1 Å². The first-order valence-corrected chi connectivity index (χ1v) is 7.73. The molecule has 2 aromatic carbocycles. The van der Waals surface area contributed by atoms with Crippen LogP contribution in [0, 0.1) is 0 Å². The first-order chi connectivity index (χ1) is 12.0. The van der Waals surface area contributed by atoms with Gasteiger partial charge in [0.05, 0.1) is 17.5 Å². The highest BCUT2D eigenvalue weighted by molar-refractivity contribution is 6.12. The number of ketones is 1. The molecule has 0 aliphatic carbocycles. The van der Waals surface area contributed by atoms with Crippen molar-refractivity contribution in [3.8, 4) is 5.75 Å². The predicted octanol–water partition coefficient (Wildman–Crippen LogP) is 1.21. The van der Waals surface area contributed by atoms with E-state index in [4.69, 9.17) is 4.74 Å². The number of hydrogen-bond acceptors (Lipinski definition) is 6. The van der Waals surface area contributed by atoms with Crippen LogP contribution in [0.1, 0.15) is 39.9 Å². The van der Waals surface area contributed by atoms with Gasteiger partial charge in [-0.1, -0.05) is 30.3 Å². The quantitative estimate of drug-likeness (QED) is 0.777. The fourth-order valence-corrected chi connectivity index (χ4v) is 2.68. The third-order valence-corrected chi connectivity index (χ3v) is 4.08. The van der Waals surface area contributed by atoms with Crippen LogP contribution in [0.25, 0.3) is 0 Å². The molecule has 0 fully saturated rings. The van der Waals surface area contributed by atoms with E-state index in [1.165, 1.54) is 0 Å². The molecule has 0 radical (unpaired) electrons. The summed E-state index contributed by atoms with van der Waals surface area (Å²) < 4.78 is 10.4. The molecule has 2 aromatic rings. The molecule has 1 heterocycles. The number of carboxylic acids is 1. The second-order valence-electron chi connectivity index (χ2n) is 5.73. The normalized spacial score (nSPS) is 13.7. The van der Waals surface area contributed by atoms with E-state index < -0.39 is 24.5 Å². The fourth-order valence-electron chi connectivity index (χ4n) is 2.68. The summed E-state index contributed by atoms with van der Waals surface area (Å²) in [5, 5.41) is 10.4. The highest BCUT2D eigenvalue weighted by Crippen LogP contribution is 2.31. The highest BCUT2D eigenvalue weighted by Gasteiger charge is 2.25. The average Bonchev–Trinajstić information content (AvgIpc) is 2.76. The van der Waals surface area contributed by atoms with Crippen molar-refractivity contribution in [2.75, 3.05) is 6.61 Å². The van der Waals surface area contributed by atoms with Gasteiger partial charge in [0.1, 0.15) is 19.0 Å². The Morgan fingerprint density at radius 2 is 1.96 bits per heavy atom. The SMILES string of the molecule is CC(C(=O)OCC(=O)[O-])c1ccc2c(c1)C(=O)c1ccccc1CO2. The van der Waals surface area contributed by atoms with Gasteiger partial charge in [0.25, 0.3) is 0 Å². The number of carbonyl (C=O) groups is 3. The van der Waals surface area contributed by atoms with E-state index in [0.29, 0.717) is 22.4 Å². The van der Waals surface area contributed by atoms with Gasteiger partial charge in [0.2, 0.25) is 0 Å². The van der Waals surface area contributed by atoms with Crippen LogP contribution in [0.5, 0.6) is 5.75 Å². The smallest absolute Gasteiger partial charge is 0.313 e. The molecular formula is C19H15O6-. The lowest BCUT2D eigenvalue weighted by Gasteiger charge is -2.14. The zero-order chi connectivity index (χ0) is 18.0. The summed E-state index contributed by atoms with van der Waals surface area (Å²) in [6.07, 6.45) is 0. The molecule has 0 amide bonds. The standard InChI is InChI=1S/C19H16O6/c1-11(19(23)25-10-17(20)21)12-6-7-16-15(8-12)18(22)14-5-3-2-4-13(14)9-24-16/h2-8,11H,9-10H2,1H3,(H,20,21)/p-1. The maximum Gasteiger partial charge on any atom is 0.313 e. The minimum atomic E-state index is -1.47. The number of aliphatic carboxylic acids is 1. The second kappa shape index (κ2) is 6.76. The van der Waals surface area contributed by atoms with Crippen LogP contribution in [0.4, 0.5) is 0 Å². The number of benzene rings is 2. The predicted molar refractivity (Wildman–Crippen MR) is 85.0 cm³/mol. The van der Waals surface area contributed by atoms with E-state index in [0.717, 1.165) is 5.56 Å². The van der Waals surface area contributed by atoms with E-state index in [1.54, 1.807) is 37.3 Å². The summed E-state index contributed by atoms with van der Waals surface area (Å²) >= 11 is 0. The topological polar surface area (TPSA) is 92.7 Å². The van der Waals surface area contributed by atoms with Crippen molar-refractivity contribution in [3.05, 3.63) is 64.7 Å². The van der Waals surface area contributed by atoms with Crippen LogP contribution in [0.2, 0.25) is 0 Å². The van der Waals surface area contributed by atoms with Gasteiger partial charge >= 0.3 is 5.97 Å². The molecule has 1 unspecified atom stereocenters. The van der Waals surface area contributed by atoms with Gasteiger partial charge in [-0.2, -0.15) is 0 Å². The maximum absolute atomic E-state index is 12.8. The van der Waals surface area contributed by atoms with E-state index >= 15 is 0 Å². The maximum atomic E-state index is 12.8. The molecule has 0 spiro atoms. The highest BCUT2D eigenvalue weighted by atomic mass is 16.5. The van der Waals surface area contributed by atoms with Crippen LogP contribution in [-0.4, -0.2) is 24.3 Å². The zero-order valence-electron chi connectivity index (χ0n) is 13.5. The summed E-state index contributed by atoms with van der Waals surface area (Å²) in [7, 11) is 0. The number of hydrogen-bond donors (Lipinski definition) is 0. The van der Waals surface area contributed by atoms with E-state index in [9.17, 15) is 19.5 Å². The van der Waals surface area contributed by atoms with Crippen molar-refractivity contribution in [2.24, 2.45) is 0 Å². The summed E-state index contributed by atoms with van der Waals surface area (Å²) in [6.45, 7) is 1.07. The number of ether oxygens (including phenoxy) is 2. The number of fused-ring (bicyclic) bond motifs is 2. The molecule has 1 aliphatic heterocycles. The summed E-state index contributed by atoms with van der Waals surface area (Å²) in [4.78, 5) is 35.1. The van der Waals surface area contributed by atoms with Gasteiger partial charge in [-0.25, -0.2) is 0 Å². The first kappa shape index (κ1) is 16.7. The Morgan fingerprint density at radius 3 is 2.72 bits per heavy atom. The van der Waals surface area contributed by atoms with E-state index in [2.05, 4.69) is 4.74 Å². The lowest BCUT2D eigenvalue weighted by Crippen LogP contribution is -2.29. The van der Waals surface area contributed by atoms with Crippen molar-refractivity contribution in [2.45, 2.75) is 19.4 Å². The largest absolute Gasteiger partial charge is 0.546 e. The van der Waals surface area contributed by atoms with E-state index in [1.807, 2.05) is 12.1 Å². The Labute approximate surface area is 144 Å². The first-order valence-electron chi connectivity index (χ1n) is 7.73. The lowest BCUT2D eigenvalue weighted by molar-refractivity contribution is -0.308. The fraction of sp³-hybridized carbons (Fsp3) is 0.211. The summed E-state index contributed by atoms with van der Waals surface area (Å²) in [5.74, 6) is -2.63. The molecule has 3 rings (SSSR count). The Kier molecular flexibility index (Phi) is 4.52. The molecular weight excluding hydrogens is 324 g/mol. The molecule has 0 aromatic heterocycles. The van der Waals surface area contributed by atoms with Crippen LogP contribution >= 0.6 is 0 Å². The van der Waals surface area contributed by atoms with Crippen molar-refractivity contribution >= 4 is 17.7 Å². The molecule has 25 heavy (non-hydrogen) atoms. The molecule has 6 heteroatoms. The molecule has 1 aliphatic rings. The molecule has 128 valence electrons. The Bertz CT molecular complexity index is 855. The van der Waals surface area contributed by atoms with Crippen molar-refractivity contribution < 1.29 is 29.0 Å². The number of carbonyl (C=O) groups excluding carboxylic acids is 3. The molecule has 0 saturated heterocycles. The second-order valence-corrected chi connectivity index (χ2v) is 5.73. The average molecular weight is 339 g/mol. The van der Waals surface area contributed by atoms with Gasteiger partial charge < -0.3 is 19.4 Å². The van der Waals surface area contributed by atoms with Crippen LogP contribution < -0.4 is 9.84 Å². The Hall–Kier alpha value is -3.15. The summed E-state index contributed by atoms with van der Waals surface area (Å²) in [6, 6.07) is 12.1. The van der Waals surface area contributed by atoms with Gasteiger partial charge in [-0.05, 0) is 24.6 Å². The molecule has 0 saturated carbocycles. The molecule has 1 atom stereocenters. The van der Waals surface area contributed by atoms with Crippen LogP contribution in [-0.2, 0) is 20.9 Å². The lowest BCUT2D eigenvalue weighted by atomic mass is 9.94. The third kappa shape index (κ3) is 3.38. The van der Waals surface area contributed by atoms with Crippen LogP contribution in [0.3, 0.4) is 0 Å². The van der Waals surface area contributed by atoms with Gasteiger partial charge in [0.15, 0.2) is 5.78 Å². The molecule has 0 bridgehead atoms. The van der Waals surface area contributed by atoms with E-state index in [-0.39, 0.29) is 12.4 Å². The molecule has 0 N–H and O–H groups in total. The number of rotatable bonds is 4. The minimum absolute atomic E-state index is 0.180. The zero-order valence-corrected chi connectivity index (χ0v) is 13.5. The van der Waals surface area contributed by atoms with Gasteiger partial charge in [-0.15, -0.1) is 0 Å². The Balaban J connectivity index is 1.91. The van der Waals surface area contributed by atoms with Crippen molar-refractivity contribution in [1.82, 2.24) is 0 Å². The number of esters is 1. The minimum Gasteiger partial charge on any atom is -0.546 e. The summed E-state index contributed by atoms with van der Waals surface area (Å²) in [5.41, 5.74) is 2.26.